The summed E-state index contributed by atoms with van der Waals surface area (Å²) in [5.74, 6) is -1.48. The third-order valence-corrected chi connectivity index (χ3v) is 8.03. The van der Waals surface area contributed by atoms with Gasteiger partial charge in [-0.3, -0.25) is 9.59 Å². The van der Waals surface area contributed by atoms with Crippen molar-refractivity contribution in [3.05, 3.63) is 35.1 Å². The summed E-state index contributed by atoms with van der Waals surface area (Å²) in [6, 6.07) is 3.30. The number of benzene rings is 1. The summed E-state index contributed by atoms with van der Waals surface area (Å²) >= 11 is 0. The summed E-state index contributed by atoms with van der Waals surface area (Å²) in [4.78, 5) is 38.3. The summed E-state index contributed by atoms with van der Waals surface area (Å²) in [6.45, 7) is 4.90. The van der Waals surface area contributed by atoms with E-state index in [0.717, 1.165) is 11.1 Å². The quantitative estimate of drug-likeness (QED) is 0.436. The van der Waals surface area contributed by atoms with E-state index in [2.05, 4.69) is 4.90 Å². The highest BCUT2D eigenvalue weighted by atomic mass is 16.6. The van der Waals surface area contributed by atoms with E-state index in [1.54, 1.807) is 19.1 Å². The first kappa shape index (κ1) is 24.6. The van der Waals surface area contributed by atoms with Crippen molar-refractivity contribution in [1.82, 2.24) is 4.90 Å². The smallest absolute Gasteiger partial charge is 0.352 e. The van der Waals surface area contributed by atoms with Crippen LogP contribution in [0.1, 0.15) is 51.2 Å². The molecule has 1 spiro atoms. The molecule has 2 heterocycles. The SMILES string of the molecule is CC(=O)O[C@H](C)CC(=O)O[C@@H](C)C(=O)OC1=CC[C@@]2(O)[C@H]3Cc4ccc(O)c5c4C2(CCN3C)C1O5. The molecule has 0 aromatic heterocycles. The second-order valence-corrected chi connectivity index (χ2v) is 10.3. The number of likely N-dealkylation sites (N-methyl/N-ethyl adjacent to an activating group) is 1. The Kier molecular flexibility index (Phi) is 5.79. The van der Waals surface area contributed by atoms with E-state index in [0.29, 0.717) is 25.1 Å². The molecule has 0 amide bonds. The summed E-state index contributed by atoms with van der Waals surface area (Å²) in [5, 5.41) is 22.7. The third-order valence-electron chi connectivity index (χ3n) is 8.03. The molecule has 1 aromatic rings. The Hall–Kier alpha value is -3.11. The molecule has 2 unspecified atom stereocenters. The average molecular weight is 502 g/mol. The van der Waals surface area contributed by atoms with Gasteiger partial charge in [-0.25, -0.2) is 4.79 Å². The van der Waals surface area contributed by atoms with Gasteiger partial charge in [0.05, 0.1) is 17.4 Å². The Morgan fingerprint density at radius 3 is 2.72 bits per heavy atom. The van der Waals surface area contributed by atoms with Crippen LogP contribution in [0.25, 0.3) is 0 Å². The van der Waals surface area contributed by atoms with E-state index < -0.39 is 47.2 Å². The van der Waals surface area contributed by atoms with Crippen molar-refractivity contribution in [2.45, 2.75) is 81.8 Å². The zero-order valence-corrected chi connectivity index (χ0v) is 20.8. The molecule has 10 nitrogen and oxygen atoms in total. The van der Waals surface area contributed by atoms with Gasteiger partial charge < -0.3 is 34.1 Å². The number of piperidine rings is 1. The van der Waals surface area contributed by atoms with Crippen molar-refractivity contribution in [3.8, 4) is 11.5 Å². The average Bonchev–Trinajstić information content (AvgIpc) is 3.15. The van der Waals surface area contributed by atoms with Gasteiger partial charge >= 0.3 is 17.9 Å². The zero-order chi connectivity index (χ0) is 26.0. The number of nitrogens with zero attached hydrogens (tertiary/aromatic N) is 1. The van der Waals surface area contributed by atoms with Crippen molar-refractivity contribution >= 4 is 17.9 Å². The summed E-state index contributed by atoms with van der Waals surface area (Å²) in [6.07, 6.45) is 0.162. The predicted molar refractivity (Wildman–Crippen MR) is 124 cm³/mol. The van der Waals surface area contributed by atoms with Crippen LogP contribution in [0.15, 0.2) is 24.0 Å². The van der Waals surface area contributed by atoms with Gasteiger partial charge in [0, 0.05) is 24.9 Å². The number of carbonyl (C=O) groups excluding carboxylic acids is 3. The number of hydrogen-bond acceptors (Lipinski definition) is 10. The lowest BCUT2D eigenvalue weighted by molar-refractivity contribution is -0.176. The van der Waals surface area contributed by atoms with Crippen molar-refractivity contribution < 1.29 is 43.5 Å². The van der Waals surface area contributed by atoms with Crippen LogP contribution in [0.2, 0.25) is 0 Å². The van der Waals surface area contributed by atoms with Gasteiger partial charge in [0.25, 0.3) is 0 Å². The van der Waals surface area contributed by atoms with Gasteiger partial charge in [-0.2, -0.15) is 0 Å². The lowest BCUT2D eigenvalue weighted by atomic mass is 9.50. The van der Waals surface area contributed by atoms with E-state index in [1.807, 2.05) is 13.1 Å². The summed E-state index contributed by atoms with van der Waals surface area (Å²) in [5.41, 5.74) is -0.254. The number of aliphatic hydroxyl groups is 1. The van der Waals surface area contributed by atoms with Gasteiger partial charge in [0.2, 0.25) is 0 Å². The van der Waals surface area contributed by atoms with Crippen LogP contribution in [-0.4, -0.2) is 76.6 Å². The summed E-state index contributed by atoms with van der Waals surface area (Å²) < 4.78 is 22.1. The second-order valence-electron chi connectivity index (χ2n) is 10.3. The number of phenolic OH excluding ortho intramolecular Hbond substituents is 1. The maximum absolute atomic E-state index is 12.9. The lowest BCUT2D eigenvalue weighted by Gasteiger charge is -2.61. The van der Waals surface area contributed by atoms with Crippen LogP contribution in [0.5, 0.6) is 11.5 Å². The molecule has 0 radical (unpaired) electrons. The molecule has 2 aliphatic carbocycles. The fourth-order valence-corrected chi connectivity index (χ4v) is 6.49. The molecule has 5 rings (SSSR count). The van der Waals surface area contributed by atoms with E-state index in [9.17, 15) is 24.6 Å². The Balaban J connectivity index is 1.38. The first-order valence-corrected chi connectivity index (χ1v) is 12.2. The van der Waals surface area contributed by atoms with Crippen LogP contribution in [0, 0.1) is 0 Å². The molecule has 2 bridgehead atoms. The number of likely N-dealkylation sites (tertiary alicyclic amines) is 1. The molecule has 6 atom stereocenters. The number of ether oxygens (including phenoxy) is 4. The Bertz CT molecular complexity index is 1160. The zero-order valence-electron chi connectivity index (χ0n) is 20.8. The number of hydrogen-bond donors (Lipinski definition) is 2. The monoisotopic (exact) mass is 501 g/mol. The largest absolute Gasteiger partial charge is 0.504 e. The highest BCUT2D eigenvalue weighted by Crippen LogP contribution is 2.65. The molecule has 0 saturated carbocycles. The van der Waals surface area contributed by atoms with Gasteiger partial charge in [-0.05, 0) is 58.0 Å². The topological polar surface area (TPSA) is 132 Å². The molecule has 2 N–H and O–H groups in total. The van der Waals surface area contributed by atoms with Crippen LogP contribution in [0.3, 0.4) is 0 Å². The molecule has 194 valence electrons. The van der Waals surface area contributed by atoms with Crippen LogP contribution >= 0.6 is 0 Å². The predicted octanol–water partition coefficient (Wildman–Crippen LogP) is 1.49. The maximum Gasteiger partial charge on any atom is 0.352 e. The normalized spacial score (nSPS) is 31.3. The van der Waals surface area contributed by atoms with Crippen molar-refractivity contribution in [2.75, 3.05) is 13.6 Å². The van der Waals surface area contributed by atoms with Crippen molar-refractivity contribution in [3.63, 3.8) is 0 Å². The van der Waals surface area contributed by atoms with Crippen molar-refractivity contribution in [1.29, 1.82) is 0 Å². The molecule has 2 aliphatic heterocycles. The number of aromatic hydroxyl groups is 1. The van der Waals surface area contributed by atoms with Gasteiger partial charge in [0.15, 0.2) is 23.7 Å². The number of carbonyl (C=O) groups is 3. The molecule has 36 heavy (non-hydrogen) atoms. The molecule has 10 heteroatoms. The number of esters is 3. The highest BCUT2D eigenvalue weighted by molar-refractivity contribution is 5.80. The standard InChI is InChI=1S/C26H31NO9/c1-13(33-15(3)28)11-20(30)34-14(2)24(31)35-18-7-8-26(32)19-12-16-5-6-17(29)22-21(16)25(26,23(18)36-22)9-10-27(19)4/h5-7,13-14,19,23,29,32H,8-12H2,1-4H3/t13-,14+,19-,23?,25?,26-/m1/s1. The van der Waals surface area contributed by atoms with Gasteiger partial charge in [-0.1, -0.05) is 6.07 Å². The van der Waals surface area contributed by atoms with Crippen LogP contribution < -0.4 is 4.74 Å². The van der Waals surface area contributed by atoms with Crippen molar-refractivity contribution in [2.24, 2.45) is 0 Å². The Labute approximate surface area is 208 Å². The maximum atomic E-state index is 12.9. The molecule has 1 fully saturated rings. The summed E-state index contributed by atoms with van der Waals surface area (Å²) in [7, 11) is 1.99. The second kappa shape index (κ2) is 8.48. The number of phenols is 1. The molecular weight excluding hydrogens is 470 g/mol. The highest BCUT2D eigenvalue weighted by Gasteiger charge is 2.72. The fourth-order valence-electron chi connectivity index (χ4n) is 6.49. The molecule has 1 saturated heterocycles. The molecular formula is C26H31NO9. The van der Waals surface area contributed by atoms with E-state index in [1.165, 1.54) is 13.8 Å². The van der Waals surface area contributed by atoms with Crippen LogP contribution in [0.4, 0.5) is 0 Å². The minimum absolute atomic E-state index is 0.0212. The van der Waals surface area contributed by atoms with E-state index in [4.69, 9.17) is 18.9 Å². The fraction of sp³-hybridized carbons (Fsp3) is 0.577. The third kappa shape index (κ3) is 3.49. The number of rotatable bonds is 6. The Morgan fingerprint density at radius 2 is 2.00 bits per heavy atom. The van der Waals surface area contributed by atoms with E-state index >= 15 is 0 Å². The van der Waals surface area contributed by atoms with E-state index in [-0.39, 0.29) is 30.4 Å². The molecule has 1 aromatic carbocycles. The minimum atomic E-state index is -1.22. The first-order valence-electron chi connectivity index (χ1n) is 12.2. The van der Waals surface area contributed by atoms with Crippen LogP contribution in [-0.2, 0) is 40.4 Å². The minimum Gasteiger partial charge on any atom is -0.504 e. The van der Waals surface area contributed by atoms with Gasteiger partial charge in [-0.15, -0.1) is 0 Å². The lowest BCUT2D eigenvalue weighted by Crippen LogP contribution is -2.74. The Morgan fingerprint density at radius 1 is 1.25 bits per heavy atom. The first-order chi connectivity index (χ1) is 17.0. The van der Waals surface area contributed by atoms with Gasteiger partial charge in [0.1, 0.15) is 11.9 Å². The molecule has 4 aliphatic rings.